The van der Waals surface area contributed by atoms with E-state index >= 15 is 0 Å². The van der Waals surface area contributed by atoms with Gasteiger partial charge in [0.1, 0.15) is 5.82 Å². The average molecular weight is 351 g/mol. The second kappa shape index (κ2) is 6.89. The largest absolute Gasteiger partial charge is 0.550 e. The highest BCUT2D eigenvalue weighted by Crippen LogP contribution is 2.42. The molecular weight excluding hydrogens is 332 g/mol. The van der Waals surface area contributed by atoms with Crippen LogP contribution in [0.5, 0.6) is 0 Å². The Hall–Kier alpha value is -2.32. The number of thioether (sulfide) groups is 1. The quantitative estimate of drug-likeness (QED) is 0.777. The third-order valence-electron chi connectivity index (χ3n) is 4.39. The van der Waals surface area contributed by atoms with Gasteiger partial charge < -0.3 is 9.90 Å². The molecule has 0 fully saturated rings. The Morgan fingerprint density at radius 2 is 2.00 bits per heavy atom. The Labute approximate surface area is 152 Å². The van der Waals surface area contributed by atoms with Crippen LogP contribution in [0.2, 0.25) is 0 Å². The van der Waals surface area contributed by atoms with E-state index in [1.807, 2.05) is 11.8 Å². The maximum absolute atomic E-state index is 10.6. The molecule has 2 heterocycles. The first-order chi connectivity index (χ1) is 11.8. The zero-order chi connectivity index (χ0) is 18.0. The zero-order valence-corrected chi connectivity index (χ0v) is 15.4. The van der Waals surface area contributed by atoms with Crippen LogP contribution in [0.4, 0.5) is 0 Å². The van der Waals surface area contributed by atoms with Crippen LogP contribution in [0.15, 0.2) is 29.4 Å². The van der Waals surface area contributed by atoms with Crippen LogP contribution in [0.1, 0.15) is 48.3 Å². The first-order valence-corrected chi connectivity index (χ1v) is 9.14. The number of nitrogens with zero attached hydrogens (tertiary/aromatic N) is 2. The number of aliphatic carboxylic acids is 1. The van der Waals surface area contributed by atoms with Gasteiger partial charge in [0.15, 0.2) is 0 Å². The highest BCUT2D eigenvalue weighted by molar-refractivity contribution is 7.99. The molecule has 128 valence electrons. The van der Waals surface area contributed by atoms with Gasteiger partial charge in [0.05, 0.1) is 5.56 Å². The topological polar surface area (TPSA) is 65.9 Å². The maximum Gasteiger partial charge on any atom is 0.133 e. The first kappa shape index (κ1) is 17.5. The van der Waals surface area contributed by atoms with Gasteiger partial charge in [0.2, 0.25) is 0 Å². The molecule has 4 nitrogen and oxygen atoms in total. The van der Waals surface area contributed by atoms with Gasteiger partial charge >= 0.3 is 0 Å². The molecular formula is C20H19N2O2S-. The SMILES string of the molecule is Cc1cc2c(cc1C#Cc1cnc(CC(=O)[O-])nc1)C(C)(C)CCS2. The van der Waals surface area contributed by atoms with Crippen LogP contribution in [0.25, 0.3) is 0 Å². The fourth-order valence-corrected chi connectivity index (χ4v) is 4.38. The summed E-state index contributed by atoms with van der Waals surface area (Å²) in [6.07, 6.45) is 3.97. The number of carboxylic acid groups (broad SMARTS) is 1. The number of hydrogen-bond donors (Lipinski definition) is 0. The van der Waals surface area contributed by atoms with E-state index in [2.05, 4.69) is 54.7 Å². The van der Waals surface area contributed by atoms with Crippen molar-refractivity contribution < 1.29 is 9.90 Å². The van der Waals surface area contributed by atoms with E-state index < -0.39 is 5.97 Å². The molecule has 3 rings (SSSR count). The summed E-state index contributed by atoms with van der Waals surface area (Å²) >= 11 is 1.91. The average Bonchev–Trinajstić information content (AvgIpc) is 2.54. The lowest BCUT2D eigenvalue weighted by atomic mass is 9.80. The van der Waals surface area contributed by atoms with Crippen molar-refractivity contribution in [1.29, 1.82) is 0 Å². The third kappa shape index (κ3) is 4.02. The van der Waals surface area contributed by atoms with E-state index in [9.17, 15) is 9.90 Å². The number of carbonyl (C=O) groups excluding carboxylic acids is 1. The Balaban J connectivity index is 1.89. The number of aromatic nitrogens is 2. The van der Waals surface area contributed by atoms with Crippen molar-refractivity contribution in [1.82, 2.24) is 9.97 Å². The number of hydrogen-bond acceptors (Lipinski definition) is 5. The van der Waals surface area contributed by atoms with E-state index in [-0.39, 0.29) is 17.7 Å². The van der Waals surface area contributed by atoms with Crippen molar-refractivity contribution in [3.63, 3.8) is 0 Å². The van der Waals surface area contributed by atoms with Crippen molar-refractivity contribution in [2.75, 3.05) is 5.75 Å². The standard InChI is InChI=1S/C20H20N2O2S/c1-13-8-17-16(20(2,3)6-7-25-17)9-15(13)5-4-14-11-21-18(22-12-14)10-19(23)24/h8-9,11-12H,6-7,10H2,1-3H3,(H,23,24)/p-1. The van der Waals surface area contributed by atoms with Crippen LogP contribution in [0.3, 0.4) is 0 Å². The van der Waals surface area contributed by atoms with Crippen LogP contribution in [-0.4, -0.2) is 21.7 Å². The van der Waals surface area contributed by atoms with E-state index in [1.54, 1.807) is 12.4 Å². The van der Waals surface area contributed by atoms with Crippen molar-refractivity contribution >= 4 is 17.7 Å². The Bertz CT molecular complexity index is 877. The zero-order valence-electron chi connectivity index (χ0n) is 14.5. The molecule has 1 aromatic carbocycles. The monoisotopic (exact) mass is 351 g/mol. The summed E-state index contributed by atoms with van der Waals surface area (Å²) in [5, 5.41) is 10.6. The van der Waals surface area contributed by atoms with Crippen LogP contribution in [0, 0.1) is 18.8 Å². The number of benzene rings is 1. The molecule has 0 spiro atoms. The number of carbonyl (C=O) groups is 1. The number of rotatable bonds is 2. The fraction of sp³-hybridized carbons (Fsp3) is 0.350. The van der Waals surface area contributed by atoms with Gasteiger partial charge in [-0.25, -0.2) is 9.97 Å². The molecule has 0 saturated carbocycles. The Morgan fingerprint density at radius 1 is 1.28 bits per heavy atom. The third-order valence-corrected chi connectivity index (χ3v) is 5.45. The lowest BCUT2D eigenvalue weighted by Gasteiger charge is -2.32. The summed E-state index contributed by atoms with van der Waals surface area (Å²) in [5.41, 5.74) is 4.35. The van der Waals surface area contributed by atoms with E-state index in [4.69, 9.17) is 0 Å². The molecule has 0 aliphatic carbocycles. The Kier molecular flexibility index (Phi) is 4.82. The highest BCUT2D eigenvalue weighted by atomic mass is 32.2. The number of fused-ring (bicyclic) bond motifs is 1. The summed E-state index contributed by atoms with van der Waals surface area (Å²) in [6, 6.07) is 4.43. The smallest absolute Gasteiger partial charge is 0.133 e. The molecule has 0 amide bonds. The molecule has 0 radical (unpaired) electrons. The molecule has 1 aliphatic rings. The molecule has 0 unspecified atom stereocenters. The maximum atomic E-state index is 10.6. The van der Waals surface area contributed by atoms with Gasteiger partial charge in [-0.05, 0) is 47.8 Å². The van der Waals surface area contributed by atoms with Gasteiger partial charge in [-0.2, -0.15) is 0 Å². The minimum atomic E-state index is -1.19. The molecule has 0 bridgehead atoms. The van der Waals surface area contributed by atoms with Gasteiger partial charge in [0, 0.05) is 35.2 Å². The van der Waals surface area contributed by atoms with Crippen molar-refractivity contribution in [3.8, 4) is 11.8 Å². The van der Waals surface area contributed by atoms with Crippen molar-refractivity contribution in [2.45, 2.75) is 43.9 Å². The normalized spacial score (nSPS) is 15.0. The number of carboxylic acids is 1. The minimum Gasteiger partial charge on any atom is -0.550 e. The molecule has 0 N–H and O–H groups in total. The second-order valence-electron chi connectivity index (χ2n) is 6.83. The molecule has 1 aromatic heterocycles. The van der Waals surface area contributed by atoms with Crippen LogP contribution in [-0.2, 0) is 16.6 Å². The lowest BCUT2D eigenvalue weighted by Crippen LogP contribution is -2.25. The molecule has 1 aliphatic heterocycles. The molecule has 0 atom stereocenters. The minimum absolute atomic E-state index is 0.167. The summed E-state index contributed by atoms with van der Waals surface area (Å²) in [5.74, 6) is 6.47. The molecule has 25 heavy (non-hydrogen) atoms. The summed E-state index contributed by atoms with van der Waals surface area (Å²) in [6.45, 7) is 6.63. The molecule has 5 heteroatoms. The molecule has 2 aromatic rings. The van der Waals surface area contributed by atoms with Crippen LogP contribution < -0.4 is 5.11 Å². The van der Waals surface area contributed by atoms with Gasteiger partial charge in [0.25, 0.3) is 0 Å². The predicted molar refractivity (Wildman–Crippen MR) is 96.3 cm³/mol. The van der Waals surface area contributed by atoms with Gasteiger partial charge in [-0.15, -0.1) is 11.8 Å². The number of aryl methyl sites for hydroxylation is 1. The molecule has 0 saturated heterocycles. The Morgan fingerprint density at radius 3 is 2.68 bits per heavy atom. The fourth-order valence-electron chi connectivity index (χ4n) is 2.79. The van der Waals surface area contributed by atoms with Crippen molar-refractivity contribution in [3.05, 3.63) is 52.6 Å². The predicted octanol–water partition coefficient (Wildman–Crippen LogP) is 2.25. The van der Waals surface area contributed by atoms with Crippen LogP contribution >= 0.6 is 11.8 Å². The van der Waals surface area contributed by atoms with E-state index in [0.717, 1.165) is 23.3 Å². The van der Waals surface area contributed by atoms with E-state index in [0.29, 0.717) is 5.56 Å². The van der Waals surface area contributed by atoms with E-state index in [1.165, 1.54) is 10.5 Å². The first-order valence-electron chi connectivity index (χ1n) is 8.16. The van der Waals surface area contributed by atoms with Gasteiger partial charge in [-0.3, -0.25) is 0 Å². The summed E-state index contributed by atoms with van der Waals surface area (Å²) < 4.78 is 0. The van der Waals surface area contributed by atoms with Crippen molar-refractivity contribution in [2.24, 2.45) is 0 Å². The highest BCUT2D eigenvalue weighted by Gasteiger charge is 2.28. The summed E-state index contributed by atoms with van der Waals surface area (Å²) in [4.78, 5) is 19.9. The second-order valence-corrected chi connectivity index (χ2v) is 7.97. The van der Waals surface area contributed by atoms with Gasteiger partial charge in [-0.1, -0.05) is 25.7 Å². The lowest BCUT2D eigenvalue weighted by molar-refractivity contribution is -0.304. The summed E-state index contributed by atoms with van der Waals surface area (Å²) in [7, 11) is 0.